The molecule has 0 saturated carbocycles. The molecular formula is C12H22N4O. The van der Waals surface area contributed by atoms with Crippen LogP contribution in [0.3, 0.4) is 0 Å². The lowest BCUT2D eigenvalue weighted by molar-refractivity contribution is -0.125. The van der Waals surface area contributed by atoms with Crippen LogP contribution >= 0.6 is 0 Å². The van der Waals surface area contributed by atoms with E-state index < -0.39 is 5.41 Å². The first kappa shape index (κ1) is 13.7. The lowest BCUT2D eigenvalue weighted by Crippen LogP contribution is -2.41. The number of aromatic amines is 1. The molecule has 0 saturated heterocycles. The first-order chi connectivity index (χ1) is 8.13. The Morgan fingerprint density at radius 2 is 2.12 bits per heavy atom. The first-order valence-electron chi connectivity index (χ1n) is 6.17. The minimum Gasteiger partial charge on any atom is -0.329 e. The van der Waals surface area contributed by atoms with Crippen LogP contribution < -0.4 is 11.1 Å². The number of amides is 1. The van der Waals surface area contributed by atoms with Crippen LogP contribution in [0.4, 0.5) is 5.82 Å². The molecule has 0 radical (unpaired) electrons. The normalized spacial score (nSPS) is 11.5. The number of nitrogens with one attached hydrogen (secondary N) is 2. The van der Waals surface area contributed by atoms with Crippen molar-refractivity contribution in [1.29, 1.82) is 0 Å². The SMILES string of the molecule is CCc1cn[nH]c1NC(=O)C(CC)(CC)CN. The summed E-state index contributed by atoms with van der Waals surface area (Å²) in [6.07, 6.45) is 4.04. The number of nitrogens with two attached hydrogens (primary N) is 1. The molecule has 0 atom stereocenters. The Labute approximate surface area is 102 Å². The molecule has 0 spiro atoms. The average Bonchev–Trinajstić information content (AvgIpc) is 2.79. The number of rotatable bonds is 6. The molecule has 17 heavy (non-hydrogen) atoms. The topological polar surface area (TPSA) is 83.8 Å². The second kappa shape index (κ2) is 5.82. The Morgan fingerprint density at radius 1 is 1.47 bits per heavy atom. The van der Waals surface area contributed by atoms with Gasteiger partial charge in [0.2, 0.25) is 5.91 Å². The van der Waals surface area contributed by atoms with E-state index in [9.17, 15) is 4.79 Å². The van der Waals surface area contributed by atoms with Gasteiger partial charge in [0.15, 0.2) is 0 Å². The molecule has 1 aromatic rings. The number of hydrogen-bond donors (Lipinski definition) is 3. The number of carbonyl (C=O) groups is 1. The van der Waals surface area contributed by atoms with Crippen molar-refractivity contribution in [2.45, 2.75) is 40.0 Å². The Hall–Kier alpha value is -1.36. The van der Waals surface area contributed by atoms with E-state index in [0.717, 1.165) is 24.8 Å². The van der Waals surface area contributed by atoms with E-state index in [1.165, 1.54) is 0 Å². The molecule has 5 heteroatoms. The highest BCUT2D eigenvalue weighted by Crippen LogP contribution is 2.27. The maximum absolute atomic E-state index is 12.3. The van der Waals surface area contributed by atoms with E-state index in [1.54, 1.807) is 6.20 Å². The second-order valence-corrected chi connectivity index (χ2v) is 4.27. The van der Waals surface area contributed by atoms with Crippen LogP contribution in [-0.4, -0.2) is 22.6 Å². The van der Waals surface area contributed by atoms with Crippen molar-refractivity contribution in [1.82, 2.24) is 10.2 Å². The van der Waals surface area contributed by atoms with Crippen molar-refractivity contribution in [2.24, 2.45) is 11.1 Å². The summed E-state index contributed by atoms with van der Waals surface area (Å²) >= 11 is 0. The predicted molar refractivity (Wildman–Crippen MR) is 68.7 cm³/mol. The number of anilines is 1. The van der Waals surface area contributed by atoms with Crippen LogP contribution in [0.25, 0.3) is 0 Å². The van der Waals surface area contributed by atoms with Gasteiger partial charge < -0.3 is 11.1 Å². The number of aromatic nitrogens is 2. The van der Waals surface area contributed by atoms with Gasteiger partial charge in [-0.3, -0.25) is 9.89 Å². The molecule has 0 aliphatic heterocycles. The van der Waals surface area contributed by atoms with Crippen LogP contribution in [0, 0.1) is 5.41 Å². The largest absolute Gasteiger partial charge is 0.329 e. The molecule has 1 amide bonds. The summed E-state index contributed by atoms with van der Waals surface area (Å²) in [5, 5.41) is 9.64. The molecule has 1 aromatic heterocycles. The Morgan fingerprint density at radius 3 is 2.59 bits per heavy atom. The molecule has 5 nitrogen and oxygen atoms in total. The quantitative estimate of drug-likeness (QED) is 0.705. The summed E-state index contributed by atoms with van der Waals surface area (Å²) in [4.78, 5) is 12.3. The predicted octanol–water partition coefficient (Wildman–Crippen LogP) is 1.68. The van der Waals surface area contributed by atoms with E-state index in [0.29, 0.717) is 12.4 Å². The van der Waals surface area contributed by atoms with E-state index in [-0.39, 0.29) is 5.91 Å². The van der Waals surface area contributed by atoms with Crippen LogP contribution in [0.15, 0.2) is 6.20 Å². The smallest absolute Gasteiger partial charge is 0.232 e. The van der Waals surface area contributed by atoms with Gasteiger partial charge in [-0.1, -0.05) is 20.8 Å². The van der Waals surface area contributed by atoms with Gasteiger partial charge in [0.1, 0.15) is 5.82 Å². The van der Waals surface area contributed by atoms with Gasteiger partial charge >= 0.3 is 0 Å². The van der Waals surface area contributed by atoms with Crippen LogP contribution in [0.1, 0.15) is 39.2 Å². The number of carbonyl (C=O) groups excluding carboxylic acids is 1. The van der Waals surface area contributed by atoms with E-state index in [2.05, 4.69) is 15.5 Å². The highest BCUT2D eigenvalue weighted by Gasteiger charge is 2.33. The van der Waals surface area contributed by atoms with Gasteiger partial charge in [0.25, 0.3) is 0 Å². The molecular weight excluding hydrogens is 216 g/mol. The standard InChI is InChI=1S/C12H22N4O/c1-4-9-7-14-16-10(9)15-11(17)12(5-2,6-3)8-13/h7H,4-6,8,13H2,1-3H3,(H2,14,15,16,17). The zero-order valence-electron chi connectivity index (χ0n) is 10.8. The van der Waals surface area contributed by atoms with Gasteiger partial charge in [-0.25, -0.2) is 0 Å². The van der Waals surface area contributed by atoms with Crippen LogP contribution in [0.2, 0.25) is 0 Å². The van der Waals surface area contributed by atoms with Gasteiger partial charge in [-0.15, -0.1) is 0 Å². The Balaban J connectivity index is 2.84. The molecule has 0 aliphatic rings. The summed E-state index contributed by atoms with van der Waals surface area (Å²) in [5.41, 5.74) is 6.28. The molecule has 0 aliphatic carbocycles. The van der Waals surface area contributed by atoms with Crippen molar-refractivity contribution in [3.63, 3.8) is 0 Å². The number of aryl methyl sites for hydroxylation is 1. The summed E-state index contributed by atoms with van der Waals surface area (Å²) in [5.74, 6) is 0.668. The van der Waals surface area contributed by atoms with Gasteiger partial charge in [0.05, 0.1) is 11.6 Å². The molecule has 96 valence electrons. The summed E-state index contributed by atoms with van der Waals surface area (Å²) in [7, 11) is 0. The maximum atomic E-state index is 12.3. The number of nitrogens with zero attached hydrogens (tertiary/aromatic N) is 1. The van der Waals surface area contributed by atoms with E-state index in [4.69, 9.17) is 5.73 Å². The zero-order chi connectivity index (χ0) is 12.9. The van der Waals surface area contributed by atoms with Crippen molar-refractivity contribution in [2.75, 3.05) is 11.9 Å². The highest BCUT2D eigenvalue weighted by molar-refractivity contribution is 5.95. The Kier molecular flexibility index (Phi) is 4.69. The minimum absolute atomic E-state index is 0.0241. The lowest BCUT2D eigenvalue weighted by Gasteiger charge is -2.28. The van der Waals surface area contributed by atoms with E-state index in [1.807, 2.05) is 20.8 Å². The average molecular weight is 238 g/mol. The molecule has 0 unspecified atom stereocenters. The fourth-order valence-electron chi connectivity index (χ4n) is 1.89. The fourth-order valence-corrected chi connectivity index (χ4v) is 1.89. The number of H-pyrrole nitrogens is 1. The highest BCUT2D eigenvalue weighted by atomic mass is 16.2. The number of hydrogen-bond acceptors (Lipinski definition) is 3. The third-order valence-corrected chi connectivity index (χ3v) is 3.56. The van der Waals surface area contributed by atoms with Gasteiger partial charge in [0, 0.05) is 12.1 Å². The fraction of sp³-hybridized carbons (Fsp3) is 0.667. The Bertz CT molecular complexity index is 360. The maximum Gasteiger partial charge on any atom is 0.232 e. The van der Waals surface area contributed by atoms with Crippen LogP contribution in [-0.2, 0) is 11.2 Å². The first-order valence-corrected chi connectivity index (χ1v) is 6.17. The van der Waals surface area contributed by atoms with Crippen molar-refractivity contribution in [3.05, 3.63) is 11.8 Å². The second-order valence-electron chi connectivity index (χ2n) is 4.27. The monoisotopic (exact) mass is 238 g/mol. The molecule has 4 N–H and O–H groups in total. The van der Waals surface area contributed by atoms with Crippen LogP contribution in [0.5, 0.6) is 0 Å². The molecule has 1 heterocycles. The zero-order valence-corrected chi connectivity index (χ0v) is 10.8. The van der Waals surface area contributed by atoms with Gasteiger partial charge in [-0.2, -0.15) is 5.10 Å². The third kappa shape index (κ3) is 2.66. The van der Waals surface area contributed by atoms with Crippen molar-refractivity contribution in [3.8, 4) is 0 Å². The van der Waals surface area contributed by atoms with Gasteiger partial charge in [-0.05, 0) is 19.3 Å². The molecule has 1 rings (SSSR count). The summed E-state index contributed by atoms with van der Waals surface area (Å²) in [6.45, 7) is 6.37. The van der Waals surface area contributed by atoms with Crippen molar-refractivity contribution >= 4 is 11.7 Å². The summed E-state index contributed by atoms with van der Waals surface area (Å²) < 4.78 is 0. The summed E-state index contributed by atoms with van der Waals surface area (Å²) in [6, 6.07) is 0. The molecule has 0 bridgehead atoms. The van der Waals surface area contributed by atoms with Crippen molar-refractivity contribution < 1.29 is 4.79 Å². The molecule has 0 fully saturated rings. The lowest BCUT2D eigenvalue weighted by atomic mass is 9.81. The van der Waals surface area contributed by atoms with E-state index >= 15 is 0 Å². The minimum atomic E-state index is -0.476. The molecule has 0 aromatic carbocycles. The third-order valence-electron chi connectivity index (χ3n) is 3.56.